The fourth-order valence-electron chi connectivity index (χ4n) is 3.06. The smallest absolute Gasteiger partial charge is 0.252 e. The lowest BCUT2D eigenvalue weighted by Crippen LogP contribution is -2.25. The summed E-state index contributed by atoms with van der Waals surface area (Å²) in [5.74, 6) is 0.667. The molecular weight excluding hydrogens is 366 g/mol. The highest BCUT2D eigenvalue weighted by Gasteiger charge is 2.13. The second kappa shape index (κ2) is 9.12. The predicted molar refractivity (Wildman–Crippen MR) is 110 cm³/mol. The Kier molecular flexibility index (Phi) is 5.92. The molecule has 0 saturated heterocycles. The molecule has 0 aliphatic heterocycles. The average Bonchev–Trinajstić information content (AvgIpc) is 3.29. The molecule has 0 aliphatic rings. The molecule has 6 nitrogen and oxygen atoms in total. The van der Waals surface area contributed by atoms with E-state index >= 15 is 0 Å². The van der Waals surface area contributed by atoms with Crippen molar-refractivity contribution in [1.82, 2.24) is 15.3 Å². The number of aromatic nitrogens is 2. The van der Waals surface area contributed by atoms with Crippen LogP contribution in [0.15, 0.2) is 77.7 Å². The Hall–Kier alpha value is -3.51. The summed E-state index contributed by atoms with van der Waals surface area (Å²) in [4.78, 5) is 21.7. The highest BCUT2D eigenvalue weighted by atomic mass is 16.5. The second-order valence-corrected chi connectivity index (χ2v) is 6.56. The number of furan rings is 1. The lowest BCUT2D eigenvalue weighted by atomic mass is 10.0. The first-order valence-electron chi connectivity index (χ1n) is 9.50. The first-order chi connectivity index (χ1) is 14.3. The Morgan fingerprint density at radius 3 is 2.86 bits per heavy atom. The number of para-hydroxylation sites is 1. The Morgan fingerprint density at radius 2 is 2.03 bits per heavy atom. The molecule has 0 atom stereocenters. The molecule has 0 fully saturated rings. The molecule has 0 radical (unpaired) electrons. The van der Waals surface area contributed by atoms with E-state index in [0.717, 1.165) is 27.9 Å². The van der Waals surface area contributed by atoms with Crippen LogP contribution in [0.25, 0.3) is 22.2 Å². The maximum absolute atomic E-state index is 12.9. The van der Waals surface area contributed by atoms with Crippen molar-refractivity contribution in [2.45, 2.75) is 13.0 Å². The van der Waals surface area contributed by atoms with Crippen molar-refractivity contribution in [1.29, 1.82) is 0 Å². The normalized spacial score (nSPS) is 10.9. The van der Waals surface area contributed by atoms with Crippen LogP contribution in [0.5, 0.6) is 0 Å². The van der Waals surface area contributed by atoms with Crippen LogP contribution in [0.2, 0.25) is 0 Å². The Balaban J connectivity index is 1.42. The van der Waals surface area contributed by atoms with Gasteiger partial charge in [-0.25, -0.2) is 4.98 Å². The van der Waals surface area contributed by atoms with Gasteiger partial charge in [0.2, 0.25) is 0 Å². The van der Waals surface area contributed by atoms with Gasteiger partial charge in [-0.2, -0.15) is 0 Å². The molecule has 1 amide bonds. The molecule has 1 aromatic carbocycles. The average molecular weight is 387 g/mol. The van der Waals surface area contributed by atoms with Gasteiger partial charge in [-0.15, -0.1) is 0 Å². The predicted octanol–water partition coefficient (Wildman–Crippen LogP) is 4.23. The topological polar surface area (TPSA) is 77.2 Å². The summed E-state index contributed by atoms with van der Waals surface area (Å²) in [5, 5.41) is 3.80. The molecule has 0 saturated carbocycles. The van der Waals surface area contributed by atoms with Crippen molar-refractivity contribution in [3.63, 3.8) is 0 Å². The van der Waals surface area contributed by atoms with Crippen molar-refractivity contribution in [2.75, 3.05) is 13.2 Å². The number of hydrogen-bond acceptors (Lipinski definition) is 5. The summed E-state index contributed by atoms with van der Waals surface area (Å²) in [6.07, 6.45) is 5.80. The van der Waals surface area contributed by atoms with Crippen LogP contribution in [0.3, 0.4) is 0 Å². The molecule has 1 N–H and O–H groups in total. The zero-order valence-corrected chi connectivity index (χ0v) is 15.9. The number of benzene rings is 1. The van der Waals surface area contributed by atoms with Gasteiger partial charge in [0.1, 0.15) is 12.4 Å². The first-order valence-corrected chi connectivity index (χ1v) is 9.50. The summed E-state index contributed by atoms with van der Waals surface area (Å²) in [5.41, 5.74) is 2.98. The standard InChI is InChI=1S/C23H21N3O3/c27-23(25-11-5-12-28-16-18-7-4-13-29-18)20-14-22(17-6-3-10-24-15-17)26-21-9-2-1-8-19(20)21/h1-4,6-10,13-15H,5,11-12,16H2,(H,25,27). The quantitative estimate of drug-likeness (QED) is 0.458. The van der Waals surface area contributed by atoms with E-state index in [1.165, 1.54) is 0 Å². The number of carbonyl (C=O) groups excluding carboxylic acids is 1. The van der Waals surface area contributed by atoms with Gasteiger partial charge in [-0.1, -0.05) is 18.2 Å². The van der Waals surface area contributed by atoms with E-state index in [1.807, 2.05) is 54.6 Å². The van der Waals surface area contributed by atoms with Crippen LogP contribution in [0, 0.1) is 0 Å². The number of carbonyl (C=O) groups is 1. The zero-order chi connectivity index (χ0) is 19.9. The van der Waals surface area contributed by atoms with Gasteiger partial charge in [0.15, 0.2) is 0 Å². The van der Waals surface area contributed by atoms with E-state index in [4.69, 9.17) is 9.15 Å². The van der Waals surface area contributed by atoms with Gasteiger partial charge in [-0.05, 0) is 42.8 Å². The van der Waals surface area contributed by atoms with Gasteiger partial charge in [0, 0.05) is 36.5 Å². The molecule has 3 aromatic heterocycles. The van der Waals surface area contributed by atoms with Crippen molar-refractivity contribution in [2.24, 2.45) is 0 Å². The third-order valence-corrected chi connectivity index (χ3v) is 4.49. The lowest BCUT2D eigenvalue weighted by molar-refractivity contribution is 0.0918. The summed E-state index contributed by atoms with van der Waals surface area (Å²) >= 11 is 0. The highest BCUT2D eigenvalue weighted by molar-refractivity contribution is 6.07. The number of nitrogens with zero attached hydrogens (tertiary/aromatic N) is 2. The van der Waals surface area contributed by atoms with Crippen molar-refractivity contribution < 1.29 is 13.9 Å². The van der Waals surface area contributed by atoms with Gasteiger partial charge in [0.05, 0.1) is 23.0 Å². The molecule has 0 bridgehead atoms. The fraction of sp³-hybridized carbons (Fsp3) is 0.174. The van der Waals surface area contributed by atoms with Gasteiger partial charge < -0.3 is 14.5 Å². The number of nitrogens with one attached hydrogen (secondary N) is 1. The molecule has 4 rings (SSSR count). The summed E-state index contributed by atoms with van der Waals surface area (Å²) in [7, 11) is 0. The first kappa shape index (κ1) is 18.8. The maximum atomic E-state index is 12.9. The van der Waals surface area contributed by atoms with E-state index in [2.05, 4.69) is 15.3 Å². The highest BCUT2D eigenvalue weighted by Crippen LogP contribution is 2.24. The number of hydrogen-bond donors (Lipinski definition) is 1. The van der Waals surface area contributed by atoms with Crippen LogP contribution in [-0.2, 0) is 11.3 Å². The molecule has 146 valence electrons. The lowest BCUT2D eigenvalue weighted by Gasteiger charge is -2.10. The van der Waals surface area contributed by atoms with Gasteiger partial charge >= 0.3 is 0 Å². The van der Waals surface area contributed by atoms with Crippen molar-refractivity contribution in [3.8, 4) is 11.3 Å². The van der Waals surface area contributed by atoms with Gasteiger partial charge in [-0.3, -0.25) is 9.78 Å². The summed E-state index contributed by atoms with van der Waals surface area (Å²) < 4.78 is 10.8. The minimum absolute atomic E-state index is 0.125. The van der Waals surface area contributed by atoms with E-state index in [0.29, 0.717) is 31.7 Å². The molecule has 0 aliphatic carbocycles. The van der Waals surface area contributed by atoms with Gasteiger partial charge in [0.25, 0.3) is 5.91 Å². The maximum Gasteiger partial charge on any atom is 0.252 e. The Bertz CT molecular complexity index is 1080. The Morgan fingerprint density at radius 1 is 1.10 bits per heavy atom. The van der Waals surface area contributed by atoms with E-state index in [-0.39, 0.29) is 5.91 Å². The minimum Gasteiger partial charge on any atom is -0.467 e. The fourth-order valence-corrected chi connectivity index (χ4v) is 3.06. The third kappa shape index (κ3) is 4.67. The van der Waals surface area contributed by atoms with Crippen LogP contribution in [0.4, 0.5) is 0 Å². The monoisotopic (exact) mass is 387 g/mol. The van der Waals surface area contributed by atoms with E-state index in [1.54, 1.807) is 18.7 Å². The van der Waals surface area contributed by atoms with Crippen LogP contribution in [-0.4, -0.2) is 29.0 Å². The molecule has 6 heteroatoms. The van der Waals surface area contributed by atoms with Crippen molar-refractivity contribution >= 4 is 16.8 Å². The molecule has 29 heavy (non-hydrogen) atoms. The minimum atomic E-state index is -0.125. The summed E-state index contributed by atoms with van der Waals surface area (Å²) in [6, 6.07) is 17.0. The van der Waals surface area contributed by atoms with E-state index in [9.17, 15) is 4.79 Å². The van der Waals surface area contributed by atoms with Crippen LogP contribution in [0.1, 0.15) is 22.5 Å². The Labute approximate surface area is 168 Å². The third-order valence-electron chi connectivity index (χ3n) is 4.49. The number of fused-ring (bicyclic) bond motifs is 1. The molecule has 0 unspecified atom stereocenters. The SMILES string of the molecule is O=C(NCCCOCc1ccco1)c1cc(-c2cccnc2)nc2ccccc12. The largest absolute Gasteiger partial charge is 0.467 e. The second-order valence-electron chi connectivity index (χ2n) is 6.56. The summed E-state index contributed by atoms with van der Waals surface area (Å²) in [6.45, 7) is 1.50. The zero-order valence-electron chi connectivity index (χ0n) is 15.9. The molecule has 0 spiro atoms. The van der Waals surface area contributed by atoms with Crippen LogP contribution < -0.4 is 5.32 Å². The molecule has 4 aromatic rings. The number of pyridine rings is 2. The van der Waals surface area contributed by atoms with E-state index < -0.39 is 0 Å². The number of ether oxygens (including phenoxy) is 1. The number of rotatable bonds is 8. The molecular formula is C23H21N3O3. The molecule has 3 heterocycles. The van der Waals surface area contributed by atoms with Crippen molar-refractivity contribution in [3.05, 3.63) is 84.6 Å². The van der Waals surface area contributed by atoms with Crippen LogP contribution >= 0.6 is 0 Å². The number of amides is 1.